The van der Waals surface area contributed by atoms with Crippen molar-refractivity contribution in [2.24, 2.45) is 0 Å². The van der Waals surface area contributed by atoms with Crippen LogP contribution in [0.5, 0.6) is 0 Å². The van der Waals surface area contributed by atoms with Crippen LogP contribution < -0.4 is 5.76 Å². The van der Waals surface area contributed by atoms with E-state index in [0.717, 1.165) is 37.5 Å². The maximum Gasteiger partial charge on any atom is 0.420 e. The summed E-state index contributed by atoms with van der Waals surface area (Å²) in [6.45, 7) is 2.10. The minimum Gasteiger partial charge on any atom is -0.408 e. The van der Waals surface area contributed by atoms with E-state index in [1.807, 2.05) is 0 Å². The Morgan fingerprint density at radius 2 is 1.79 bits per heavy atom. The zero-order valence-corrected chi connectivity index (χ0v) is 13.9. The second-order valence-corrected chi connectivity index (χ2v) is 7.09. The third kappa shape index (κ3) is 2.76. The highest BCUT2D eigenvalue weighted by Gasteiger charge is 2.28. The number of nitriles is 1. The van der Waals surface area contributed by atoms with Gasteiger partial charge in [0.15, 0.2) is 5.58 Å². The fourth-order valence-corrected chi connectivity index (χ4v) is 4.40. The lowest BCUT2D eigenvalue weighted by atomic mass is 9.92. The highest BCUT2D eigenvalue weighted by atomic mass is 16.4. The van der Waals surface area contributed by atoms with Crippen molar-refractivity contribution in [3.63, 3.8) is 0 Å². The SMILES string of the molecule is N#Cc1ccc2oc(=O)n(C3CCN(C4CCCCC4)CC3)c2c1. The Hall–Kier alpha value is -2.06. The van der Waals surface area contributed by atoms with E-state index in [1.54, 1.807) is 22.8 Å². The number of oxazole rings is 1. The number of benzene rings is 1. The Bertz CT molecular complexity index is 815. The maximum absolute atomic E-state index is 12.3. The summed E-state index contributed by atoms with van der Waals surface area (Å²) in [4.78, 5) is 14.9. The zero-order chi connectivity index (χ0) is 16.5. The van der Waals surface area contributed by atoms with Gasteiger partial charge in [-0.1, -0.05) is 19.3 Å². The molecule has 0 amide bonds. The van der Waals surface area contributed by atoms with Gasteiger partial charge in [-0.15, -0.1) is 0 Å². The van der Waals surface area contributed by atoms with Gasteiger partial charge < -0.3 is 9.32 Å². The van der Waals surface area contributed by atoms with E-state index in [0.29, 0.717) is 11.1 Å². The Morgan fingerprint density at radius 1 is 1.04 bits per heavy atom. The first-order chi connectivity index (χ1) is 11.8. The van der Waals surface area contributed by atoms with Crippen molar-refractivity contribution in [2.45, 2.75) is 57.0 Å². The van der Waals surface area contributed by atoms with Gasteiger partial charge in [0.25, 0.3) is 0 Å². The van der Waals surface area contributed by atoms with E-state index >= 15 is 0 Å². The summed E-state index contributed by atoms with van der Waals surface area (Å²) in [5.41, 5.74) is 1.90. The largest absolute Gasteiger partial charge is 0.420 e. The number of nitrogens with zero attached hydrogens (tertiary/aromatic N) is 3. The van der Waals surface area contributed by atoms with Crippen LogP contribution in [0.2, 0.25) is 0 Å². The molecule has 1 aromatic carbocycles. The predicted molar refractivity (Wildman–Crippen MR) is 91.9 cm³/mol. The second kappa shape index (κ2) is 6.45. The van der Waals surface area contributed by atoms with Crippen LogP contribution in [0.15, 0.2) is 27.4 Å². The van der Waals surface area contributed by atoms with Gasteiger partial charge in [0.1, 0.15) is 0 Å². The minimum absolute atomic E-state index is 0.174. The molecule has 2 heterocycles. The highest BCUT2D eigenvalue weighted by molar-refractivity contribution is 5.75. The summed E-state index contributed by atoms with van der Waals surface area (Å²) in [7, 11) is 0. The molecular formula is C19H23N3O2. The lowest BCUT2D eigenvalue weighted by molar-refractivity contribution is 0.108. The molecule has 5 heteroatoms. The Morgan fingerprint density at radius 3 is 2.50 bits per heavy atom. The molecule has 0 radical (unpaired) electrons. The summed E-state index contributed by atoms with van der Waals surface area (Å²) in [5.74, 6) is -0.295. The molecule has 1 aliphatic heterocycles. The number of likely N-dealkylation sites (tertiary alicyclic amines) is 1. The fraction of sp³-hybridized carbons (Fsp3) is 0.579. The molecular weight excluding hydrogens is 302 g/mol. The van der Waals surface area contributed by atoms with Gasteiger partial charge in [-0.05, 0) is 43.9 Å². The van der Waals surface area contributed by atoms with Crippen molar-refractivity contribution >= 4 is 11.1 Å². The van der Waals surface area contributed by atoms with E-state index < -0.39 is 0 Å². The normalized spacial score (nSPS) is 21.1. The molecule has 0 unspecified atom stereocenters. The molecule has 1 saturated heterocycles. The number of piperidine rings is 1. The maximum atomic E-state index is 12.3. The fourth-order valence-electron chi connectivity index (χ4n) is 4.40. The molecule has 0 atom stereocenters. The number of aromatic nitrogens is 1. The smallest absolute Gasteiger partial charge is 0.408 e. The Balaban J connectivity index is 1.55. The molecule has 2 aliphatic rings. The molecule has 2 aromatic rings. The quantitative estimate of drug-likeness (QED) is 0.848. The van der Waals surface area contributed by atoms with Gasteiger partial charge in [0, 0.05) is 25.2 Å². The van der Waals surface area contributed by atoms with Crippen LogP contribution >= 0.6 is 0 Å². The monoisotopic (exact) mass is 325 g/mol. The number of rotatable bonds is 2. The van der Waals surface area contributed by atoms with E-state index in [9.17, 15) is 4.79 Å². The molecule has 4 rings (SSSR count). The highest BCUT2D eigenvalue weighted by Crippen LogP contribution is 2.30. The number of hydrogen-bond acceptors (Lipinski definition) is 4. The lowest BCUT2D eigenvalue weighted by Crippen LogP contribution is -2.43. The van der Waals surface area contributed by atoms with Crippen LogP contribution in [0, 0.1) is 11.3 Å². The van der Waals surface area contributed by atoms with Crippen LogP contribution in [0.25, 0.3) is 11.1 Å². The predicted octanol–water partition coefficient (Wildman–Crippen LogP) is 3.44. The molecule has 5 nitrogen and oxygen atoms in total. The molecule has 24 heavy (non-hydrogen) atoms. The van der Waals surface area contributed by atoms with Gasteiger partial charge in [-0.3, -0.25) is 4.57 Å². The van der Waals surface area contributed by atoms with Crippen LogP contribution in [0.3, 0.4) is 0 Å². The van der Waals surface area contributed by atoms with Crippen molar-refractivity contribution in [3.05, 3.63) is 34.3 Å². The van der Waals surface area contributed by atoms with Gasteiger partial charge in [-0.2, -0.15) is 5.26 Å². The summed E-state index contributed by atoms with van der Waals surface area (Å²) >= 11 is 0. The second-order valence-electron chi connectivity index (χ2n) is 7.09. The first-order valence-electron chi connectivity index (χ1n) is 9.05. The van der Waals surface area contributed by atoms with Crippen molar-refractivity contribution in [1.82, 2.24) is 9.47 Å². The molecule has 2 fully saturated rings. The van der Waals surface area contributed by atoms with E-state index in [4.69, 9.17) is 9.68 Å². The van der Waals surface area contributed by atoms with E-state index in [1.165, 1.54) is 32.1 Å². The molecule has 1 aromatic heterocycles. The molecule has 0 N–H and O–H groups in total. The van der Waals surface area contributed by atoms with Gasteiger partial charge in [0.05, 0.1) is 17.1 Å². The topological polar surface area (TPSA) is 62.2 Å². The third-order valence-corrected chi connectivity index (χ3v) is 5.70. The first kappa shape index (κ1) is 15.5. The van der Waals surface area contributed by atoms with Crippen LogP contribution in [-0.2, 0) is 0 Å². The molecule has 0 spiro atoms. The van der Waals surface area contributed by atoms with Gasteiger partial charge >= 0.3 is 5.76 Å². The Labute approximate surface area is 141 Å². The summed E-state index contributed by atoms with van der Waals surface area (Å²) in [5, 5.41) is 9.11. The summed E-state index contributed by atoms with van der Waals surface area (Å²) < 4.78 is 7.15. The van der Waals surface area contributed by atoms with Crippen LogP contribution in [-0.4, -0.2) is 28.6 Å². The minimum atomic E-state index is -0.295. The molecule has 126 valence electrons. The zero-order valence-electron chi connectivity index (χ0n) is 13.9. The molecule has 1 saturated carbocycles. The molecule has 1 aliphatic carbocycles. The van der Waals surface area contributed by atoms with Crippen LogP contribution in [0.1, 0.15) is 56.6 Å². The number of hydrogen-bond donors (Lipinski definition) is 0. The van der Waals surface area contributed by atoms with Crippen molar-refractivity contribution in [2.75, 3.05) is 13.1 Å². The third-order valence-electron chi connectivity index (χ3n) is 5.70. The average molecular weight is 325 g/mol. The van der Waals surface area contributed by atoms with E-state index in [-0.39, 0.29) is 11.8 Å². The van der Waals surface area contributed by atoms with E-state index in [2.05, 4.69) is 11.0 Å². The van der Waals surface area contributed by atoms with Crippen molar-refractivity contribution in [3.8, 4) is 6.07 Å². The average Bonchev–Trinajstić information content (AvgIpc) is 2.97. The van der Waals surface area contributed by atoms with Crippen molar-refractivity contribution in [1.29, 1.82) is 5.26 Å². The van der Waals surface area contributed by atoms with Crippen molar-refractivity contribution < 1.29 is 4.42 Å². The van der Waals surface area contributed by atoms with Gasteiger partial charge in [0.2, 0.25) is 0 Å². The lowest BCUT2D eigenvalue weighted by Gasteiger charge is -2.39. The Kier molecular flexibility index (Phi) is 4.15. The molecule has 0 bridgehead atoms. The number of fused-ring (bicyclic) bond motifs is 1. The van der Waals surface area contributed by atoms with Crippen LogP contribution in [0.4, 0.5) is 0 Å². The van der Waals surface area contributed by atoms with Gasteiger partial charge in [-0.25, -0.2) is 4.79 Å². The summed E-state index contributed by atoms with van der Waals surface area (Å²) in [6.07, 6.45) is 8.69. The summed E-state index contributed by atoms with van der Waals surface area (Å²) in [6, 6.07) is 8.25. The first-order valence-corrected chi connectivity index (χ1v) is 9.05. The standard InChI is InChI=1S/C19H23N3O2/c20-13-14-6-7-18-17(12-14)22(19(23)24-18)16-8-10-21(11-9-16)15-4-2-1-3-5-15/h6-7,12,15-16H,1-5,8-11H2.